The summed E-state index contributed by atoms with van der Waals surface area (Å²) in [6, 6.07) is 2.12. The Morgan fingerprint density at radius 1 is 1.44 bits per heavy atom. The number of aromatic nitrogens is 2. The minimum absolute atomic E-state index is 0.706. The molecule has 0 saturated carbocycles. The van der Waals surface area contributed by atoms with Crippen molar-refractivity contribution in [3.8, 4) is 0 Å². The first-order valence-electron chi connectivity index (χ1n) is 5.24. The maximum absolute atomic E-state index is 5.30. The summed E-state index contributed by atoms with van der Waals surface area (Å²) in [6.45, 7) is 1.51. The Morgan fingerprint density at radius 2 is 2.38 bits per heavy atom. The summed E-state index contributed by atoms with van der Waals surface area (Å²) in [5.41, 5.74) is 3.51. The number of nitrogens with one attached hydrogen (secondary N) is 1. The van der Waals surface area contributed by atoms with Gasteiger partial charge in [0.15, 0.2) is 0 Å². The van der Waals surface area contributed by atoms with Crippen molar-refractivity contribution in [3.63, 3.8) is 0 Å². The summed E-state index contributed by atoms with van der Waals surface area (Å²) < 4.78 is 6.51. The van der Waals surface area contributed by atoms with Crippen LogP contribution in [0.2, 0.25) is 0 Å². The number of hydrogen-bond donors (Lipinski definition) is 1. The van der Waals surface area contributed by atoms with E-state index in [1.807, 2.05) is 12.4 Å². The molecule has 3 heterocycles. The van der Waals surface area contributed by atoms with Gasteiger partial charge in [-0.05, 0) is 40.7 Å². The lowest BCUT2D eigenvalue weighted by Gasteiger charge is -2.12. The van der Waals surface area contributed by atoms with Crippen LogP contribution in [0.25, 0.3) is 16.5 Å². The molecule has 2 aromatic rings. The second-order valence-electron chi connectivity index (χ2n) is 3.81. The van der Waals surface area contributed by atoms with Crippen LogP contribution in [0.3, 0.4) is 0 Å². The van der Waals surface area contributed by atoms with Gasteiger partial charge in [0.1, 0.15) is 0 Å². The van der Waals surface area contributed by atoms with Crippen molar-refractivity contribution < 1.29 is 4.74 Å². The maximum atomic E-state index is 5.30. The van der Waals surface area contributed by atoms with Crippen LogP contribution in [0.15, 0.2) is 24.5 Å². The molecule has 1 aliphatic rings. The Hall–Kier alpha value is -0.880. The summed E-state index contributed by atoms with van der Waals surface area (Å²) >= 11 is 2.31. The van der Waals surface area contributed by atoms with Crippen LogP contribution in [0.1, 0.15) is 12.1 Å². The number of aromatic amines is 1. The van der Waals surface area contributed by atoms with Crippen molar-refractivity contribution in [1.29, 1.82) is 0 Å². The third-order valence-corrected chi connectivity index (χ3v) is 3.70. The standard InChI is InChI=1S/C12H11IN2O/c13-10-7-15-12-5-11(14-6-9(10)12)8-1-3-16-4-2-8/h1,5-7,15H,2-4H2. The minimum atomic E-state index is 0.706. The maximum Gasteiger partial charge on any atom is 0.0681 e. The molecule has 1 N–H and O–H groups in total. The first-order valence-corrected chi connectivity index (χ1v) is 6.32. The predicted molar refractivity (Wildman–Crippen MR) is 72.2 cm³/mol. The van der Waals surface area contributed by atoms with Crippen LogP contribution >= 0.6 is 22.6 Å². The van der Waals surface area contributed by atoms with Crippen LogP contribution in [-0.2, 0) is 4.74 Å². The van der Waals surface area contributed by atoms with Gasteiger partial charge in [-0.1, -0.05) is 6.08 Å². The molecular formula is C12H11IN2O. The van der Waals surface area contributed by atoms with Crippen molar-refractivity contribution in [2.75, 3.05) is 13.2 Å². The number of H-pyrrole nitrogens is 1. The fraction of sp³-hybridized carbons (Fsp3) is 0.250. The van der Waals surface area contributed by atoms with Crippen molar-refractivity contribution in [3.05, 3.63) is 33.8 Å². The third kappa shape index (κ3) is 1.76. The molecule has 0 aromatic carbocycles. The number of rotatable bonds is 1. The van der Waals surface area contributed by atoms with Gasteiger partial charge in [-0.2, -0.15) is 0 Å². The van der Waals surface area contributed by atoms with E-state index in [0.717, 1.165) is 24.2 Å². The Balaban J connectivity index is 2.07. The molecule has 16 heavy (non-hydrogen) atoms. The number of halogens is 1. The molecule has 4 heteroatoms. The lowest BCUT2D eigenvalue weighted by Crippen LogP contribution is -2.04. The molecule has 0 saturated heterocycles. The number of hydrogen-bond acceptors (Lipinski definition) is 2. The average molecular weight is 326 g/mol. The Morgan fingerprint density at radius 3 is 3.19 bits per heavy atom. The fourth-order valence-electron chi connectivity index (χ4n) is 1.92. The van der Waals surface area contributed by atoms with E-state index in [-0.39, 0.29) is 0 Å². The van der Waals surface area contributed by atoms with Gasteiger partial charge in [0.25, 0.3) is 0 Å². The van der Waals surface area contributed by atoms with Crippen molar-refractivity contribution in [1.82, 2.24) is 9.97 Å². The second-order valence-corrected chi connectivity index (χ2v) is 4.97. The van der Waals surface area contributed by atoms with Crippen molar-refractivity contribution in [2.24, 2.45) is 0 Å². The monoisotopic (exact) mass is 326 g/mol. The SMILES string of the molecule is Ic1c[nH]c2cc(C3=CCOCC3)ncc12. The molecule has 3 nitrogen and oxygen atoms in total. The van der Waals surface area contributed by atoms with Gasteiger partial charge in [-0.15, -0.1) is 0 Å². The van der Waals surface area contributed by atoms with Gasteiger partial charge in [0.05, 0.1) is 24.4 Å². The van der Waals surface area contributed by atoms with E-state index in [1.165, 1.54) is 14.5 Å². The Labute approximate surface area is 107 Å². The minimum Gasteiger partial charge on any atom is -0.377 e. The normalized spacial score (nSPS) is 16.4. The van der Waals surface area contributed by atoms with E-state index in [9.17, 15) is 0 Å². The van der Waals surface area contributed by atoms with Gasteiger partial charge in [-0.3, -0.25) is 4.98 Å². The predicted octanol–water partition coefficient (Wildman–Crippen LogP) is 2.97. The van der Waals surface area contributed by atoms with Crippen LogP contribution < -0.4 is 0 Å². The molecule has 0 aliphatic carbocycles. The first-order chi connectivity index (χ1) is 7.84. The van der Waals surface area contributed by atoms with Crippen LogP contribution in [-0.4, -0.2) is 23.2 Å². The van der Waals surface area contributed by atoms with E-state index < -0.39 is 0 Å². The van der Waals surface area contributed by atoms with Crippen molar-refractivity contribution in [2.45, 2.75) is 6.42 Å². The highest BCUT2D eigenvalue weighted by molar-refractivity contribution is 14.1. The topological polar surface area (TPSA) is 37.9 Å². The summed E-state index contributed by atoms with van der Waals surface area (Å²) in [5.74, 6) is 0. The number of pyridine rings is 1. The third-order valence-electron chi connectivity index (χ3n) is 2.81. The van der Waals surface area contributed by atoms with Gasteiger partial charge < -0.3 is 9.72 Å². The summed E-state index contributed by atoms with van der Waals surface area (Å²) in [7, 11) is 0. The fourth-order valence-corrected chi connectivity index (χ4v) is 2.50. The second kappa shape index (κ2) is 4.18. The van der Waals surface area contributed by atoms with E-state index in [4.69, 9.17) is 4.74 Å². The smallest absolute Gasteiger partial charge is 0.0681 e. The van der Waals surface area contributed by atoms with Crippen LogP contribution in [0.4, 0.5) is 0 Å². The molecular weight excluding hydrogens is 315 g/mol. The largest absolute Gasteiger partial charge is 0.377 e. The molecule has 0 amide bonds. The number of fused-ring (bicyclic) bond motifs is 1. The van der Waals surface area contributed by atoms with E-state index in [0.29, 0.717) is 6.61 Å². The molecule has 82 valence electrons. The van der Waals surface area contributed by atoms with Crippen molar-refractivity contribution >= 4 is 39.1 Å². The number of nitrogens with zero attached hydrogens (tertiary/aromatic N) is 1. The van der Waals surface area contributed by atoms with Gasteiger partial charge in [-0.25, -0.2) is 0 Å². The molecule has 1 aliphatic heterocycles. The molecule has 0 unspecified atom stereocenters. The Bertz CT molecular complexity index is 559. The van der Waals surface area contributed by atoms with E-state index in [2.05, 4.69) is 44.7 Å². The average Bonchev–Trinajstić information content (AvgIpc) is 2.72. The quantitative estimate of drug-likeness (QED) is 0.818. The molecule has 3 rings (SSSR count). The van der Waals surface area contributed by atoms with Crippen LogP contribution in [0, 0.1) is 3.57 Å². The van der Waals surface area contributed by atoms with Gasteiger partial charge in [0, 0.05) is 21.4 Å². The van der Waals surface area contributed by atoms with Crippen LogP contribution in [0.5, 0.6) is 0 Å². The van der Waals surface area contributed by atoms with E-state index in [1.54, 1.807) is 0 Å². The Kier molecular flexibility index (Phi) is 2.69. The molecule has 0 radical (unpaired) electrons. The molecule has 0 spiro atoms. The molecule has 2 aromatic heterocycles. The highest BCUT2D eigenvalue weighted by Gasteiger charge is 2.09. The first kappa shape index (κ1) is 10.3. The lowest BCUT2D eigenvalue weighted by atomic mass is 10.1. The number of ether oxygens (including phenoxy) is 1. The highest BCUT2D eigenvalue weighted by Crippen LogP contribution is 2.24. The van der Waals surface area contributed by atoms with E-state index >= 15 is 0 Å². The van der Waals surface area contributed by atoms with Gasteiger partial charge in [0.2, 0.25) is 0 Å². The highest BCUT2D eigenvalue weighted by atomic mass is 127. The zero-order valence-corrected chi connectivity index (χ0v) is 10.8. The zero-order chi connectivity index (χ0) is 11.0. The summed E-state index contributed by atoms with van der Waals surface area (Å²) in [6.07, 6.45) is 7.02. The summed E-state index contributed by atoms with van der Waals surface area (Å²) in [4.78, 5) is 7.78. The molecule has 0 atom stereocenters. The molecule has 0 fully saturated rings. The zero-order valence-electron chi connectivity index (χ0n) is 8.66. The lowest BCUT2D eigenvalue weighted by molar-refractivity contribution is 0.161. The van der Waals surface area contributed by atoms with Gasteiger partial charge >= 0.3 is 0 Å². The summed E-state index contributed by atoms with van der Waals surface area (Å²) in [5, 5.41) is 1.19. The molecule has 0 bridgehead atoms.